The molecule has 0 atom stereocenters. The van der Waals surface area contributed by atoms with Crippen LogP contribution in [0.3, 0.4) is 0 Å². The normalized spacial score (nSPS) is 20.5. The first-order valence-electron chi connectivity index (χ1n) is 6.19. The molecule has 0 unspecified atom stereocenters. The Morgan fingerprint density at radius 2 is 1.88 bits per heavy atom. The van der Waals surface area contributed by atoms with Gasteiger partial charge in [0.15, 0.2) is 0 Å². The van der Waals surface area contributed by atoms with Crippen LogP contribution in [0, 0.1) is 0 Å². The van der Waals surface area contributed by atoms with Gasteiger partial charge < -0.3 is 5.32 Å². The fourth-order valence-corrected chi connectivity index (χ4v) is 3.70. The molecular formula is C11H24N2O2S. The molecule has 0 amide bonds. The molecular weight excluding hydrogens is 224 g/mol. The van der Waals surface area contributed by atoms with Gasteiger partial charge in [-0.05, 0) is 19.3 Å². The lowest BCUT2D eigenvalue weighted by Crippen LogP contribution is -2.47. The van der Waals surface area contributed by atoms with Crippen LogP contribution >= 0.6 is 0 Å². The molecule has 0 aromatic carbocycles. The SMILES string of the molecule is CCCS(=O)(=O)N1CCC(NC(C)C)CC1. The third-order valence-electron chi connectivity index (χ3n) is 2.88. The van der Waals surface area contributed by atoms with E-state index in [-0.39, 0.29) is 5.75 Å². The first-order valence-corrected chi connectivity index (χ1v) is 7.80. The number of sulfonamides is 1. The van der Waals surface area contributed by atoms with Gasteiger partial charge in [-0.3, -0.25) is 0 Å². The Bertz CT molecular complexity index is 293. The highest BCUT2D eigenvalue weighted by molar-refractivity contribution is 7.89. The molecule has 1 heterocycles. The third-order valence-corrected chi connectivity index (χ3v) is 4.95. The first-order chi connectivity index (χ1) is 7.45. The van der Waals surface area contributed by atoms with Gasteiger partial charge in [0.05, 0.1) is 5.75 Å². The van der Waals surface area contributed by atoms with Gasteiger partial charge in [-0.25, -0.2) is 12.7 Å². The maximum atomic E-state index is 11.8. The van der Waals surface area contributed by atoms with Gasteiger partial charge in [0.2, 0.25) is 10.0 Å². The molecule has 0 spiro atoms. The molecule has 0 aliphatic carbocycles. The van der Waals surface area contributed by atoms with Crippen molar-refractivity contribution >= 4 is 10.0 Å². The van der Waals surface area contributed by atoms with E-state index in [0.29, 0.717) is 31.6 Å². The molecule has 0 bridgehead atoms. The predicted octanol–water partition coefficient (Wildman–Crippen LogP) is 1.19. The van der Waals surface area contributed by atoms with Gasteiger partial charge >= 0.3 is 0 Å². The van der Waals surface area contributed by atoms with Gasteiger partial charge in [0, 0.05) is 25.2 Å². The molecule has 1 aliphatic rings. The van der Waals surface area contributed by atoms with Crippen molar-refractivity contribution in [3.05, 3.63) is 0 Å². The van der Waals surface area contributed by atoms with Crippen LogP contribution in [-0.2, 0) is 10.0 Å². The zero-order valence-electron chi connectivity index (χ0n) is 10.6. The lowest BCUT2D eigenvalue weighted by atomic mass is 10.1. The summed E-state index contributed by atoms with van der Waals surface area (Å²) in [6, 6.07) is 0.955. The molecule has 1 saturated heterocycles. The summed E-state index contributed by atoms with van der Waals surface area (Å²) in [6.07, 6.45) is 2.56. The Labute approximate surface area is 99.5 Å². The van der Waals surface area contributed by atoms with Crippen molar-refractivity contribution in [2.75, 3.05) is 18.8 Å². The molecule has 1 N–H and O–H groups in total. The second kappa shape index (κ2) is 5.98. The molecule has 5 heteroatoms. The van der Waals surface area contributed by atoms with E-state index in [1.165, 1.54) is 0 Å². The zero-order chi connectivity index (χ0) is 12.2. The van der Waals surface area contributed by atoms with Crippen LogP contribution in [0.5, 0.6) is 0 Å². The van der Waals surface area contributed by atoms with Gasteiger partial charge in [-0.15, -0.1) is 0 Å². The standard InChI is InChI=1S/C11H24N2O2S/c1-4-9-16(14,15)13-7-5-11(6-8-13)12-10(2)3/h10-12H,4-9H2,1-3H3. The smallest absolute Gasteiger partial charge is 0.214 e. The van der Waals surface area contributed by atoms with Crippen LogP contribution in [0.4, 0.5) is 0 Å². The van der Waals surface area contributed by atoms with Crippen molar-refractivity contribution in [2.24, 2.45) is 0 Å². The summed E-state index contributed by atoms with van der Waals surface area (Å²) >= 11 is 0. The molecule has 1 fully saturated rings. The van der Waals surface area contributed by atoms with E-state index in [2.05, 4.69) is 19.2 Å². The van der Waals surface area contributed by atoms with E-state index in [9.17, 15) is 8.42 Å². The molecule has 1 aliphatic heterocycles. The Morgan fingerprint density at radius 1 is 1.31 bits per heavy atom. The molecule has 0 radical (unpaired) electrons. The third kappa shape index (κ3) is 4.03. The quantitative estimate of drug-likeness (QED) is 0.795. The monoisotopic (exact) mass is 248 g/mol. The average molecular weight is 248 g/mol. The molecule has 1 rings (SSSR count). The second-order valence-electron chi connectivity index (χ2n) is 4.81. The first kappa shape index (κ1) is 13.9. The summed E-state index contributed by atoms with van der Waals surface area (Å²) in [5.41, 5.74) is 0. The minimum absolute atomic E-state index is 0.287. The molecule has 0 aromatic heterocycles. The van der Waals surface area contributed by atoms with Crippen molar-refractivity contribution in [2.45, 2.75) is 52.1 Å². The van der Waals surface area contributed by atoms with Crippen LogP contribution in [-0.4, -0.2) is 43.6 Å². The minimum atomic E-state index is -2.98. The summed E-state index contributed by atoms with van der Waals surface area (Å²) in [6.45, 7) is 7.50. The second-order valence-corrected chi connectivity index (χ2v) is 6.90. The number of rotatable bonds is 5. The molecule has 16 heavy (non-hydrogen) atoms. The predicted molar refractivity (Wildman–Crippen MR) is 66.9 cm³/mol. The van der Waals surface area contributed by atoms with E-state index in [1.54, 1.807) is 4.31 Å². The van der Waals surface area contributed by atoms with Crippen LogP contribution < -0.4 is 5.32 Å². The van der Waals surface area contributed by atoms with Crippen LogP contribution in [0.1, 0.15) is 40.0 Å². The highest BCUT2D eigenvalue weighted by Gasteiger charge is 2.27. The molecule has 0 aromatic rings. The van der Waals surface area contributed by atoms with Gasteiger partial charge in [0.25, 0.3) is 0 Å². The maximum absolute atomic E-state index is 11.8. The van der Waals surface area contributed by atoms with E-state index < -0.39 is 10.0 Å². The topological polar surface area (TPSA) is 49.4 Å². The molecule has 96 valence electrons. The number of nitrogens with zero attached hydrogens (tertiary/aromatic N) is 1. The fraction of sp³-hybridized carbons (Fsp3) is 1.00. The number of hydrogen-bond donors (Lipinski definition) is 1. The summed E-state index contributed by atoms with van der Waals surface area (Å²) in [4.78, 5) is 0. The summed E-state index contributed by atoms with van der Waals surface area (Å²) in [7, 11) is -2.98. The minimum Gasteiger partial charge on any atom is -0.312 e. The zero-order valence-corrected chi connectivity index (χ0v) is 11.4. The summed E-state index contributed by atoms with van der Waals surface area (Å²) in [5.74, 6) is 0.287. The Morgan fingerprint density at radius 3 is 2.31 bits per heavy atom. The maximum Gasteiger partial charge on any atom is 0.214 e. The van der Waals surface area contributed by atoms with Crippen molar-refractivity contribution < 1.29 is 8.42 Å². The van der Waals surface area contributed by atoms with E-state index >= 15 is 0 Å². The van der Waals surface area contributed by atoms with E-state index in [4.69, 9.17) is 0 Å². The van der Waals surface area contributed by atoms with Crippen molar-refractivity contribution in [1.82, 2.24) is 9.62 Å². The molecule has 4 nitrogen and oxygen atoms in total. The lowest BCUT2D eigenvalue weighted by molar-refractivity contribution is 0.279. The number of nitrogens with one attached hydrogen (secondary N) is 1. The highest BCUT2D eigenvalue weighted by atomic mass is 32.2. The highest BCUT2D eigenvalue weighted by Crippen LogP contribution is 2.15. The largest absolute Gasteiger partial charge is 0.312 e. The molecule has 0 saturated carbocycles. The lowest BCUT2D eigenvalue weighted by Gasteiger charge is -2.32. The Balaban J connectivity index is 2.43. The van der Waals surface area contributed by atoms with Gasteiger partial charge in [-0.1, -0.05) is 20.8 Å². The van der Waals surface area contributed by atoms with Gasteiger partial charge in [-0.2, -0.15) is 0 Å². The summed E-state index contributed by atoms with van der Waals surface area (Å²) < 4.78 is 25.3. The fourth-order valence-electron chi connectivity index (χ4n) is 2.16. The average Bonchev–Trinajstić information content (AvgIpc) is 2.17. The van der Waals surface area contributed by atoms with Gasteiger partial charge in [0.1, 0.15) is 0 Å². The van der Waals surface area contributed by atoms with Crippen LogP contribution in [0.2, 0.25) is 0 Å². The number of hydrogen-bond acceptors (Lipinski definition) is 3. The van der Waals surface area contributed by atoms with E-state index in [1.807, 2.05) is 6.92 Å². The van der Waals surface area contributed by atoms with Crippen molar-refractivity contribution in [3.8, 4) is 0 Å². The van der Waals surface area contributed by atoms with Crippen molar-refractivity contribution in [1.29, 1.82) is 0 Å². The van der Waals surface area contributed by atoms with Crippen molar-refractivity contribution in [3.63, 3.8) is 0 Å². The van der Waals surface area contributed by atoms with Crippen LogP contribution in [0.15, 0.2) is 0 Å². The van der Waals surface area contributed by atoms with E-state index in [0.717, 1.165) is 12.8 Å². The Kier molecular flexibility index (Phi) is 5.21. The number of piperidine rings is 1. The van der Waals surface area contributed by atoms with Crippen LogP contribution in [0.25, 0.3) is 0 Å². The Hall–Kier alpha value is -0.130. The summed E-state index contributed by atoms with van der Waals surface area (Å²) in [5, 5.41) is 3.46.